The SMILES string of the molecule is COC(=O)c1c(-c2ccc3c(c2)CCCC3)csc1NC(=O)COc1ccc(Br)cc1. The topological polar surface area (TPSA) is 64.6 Å². The van der Waals surface area contributed by atoms with Gasteiger partial charge in [-0.25, -0.2) is 4.79 Å². The van der Waals surface area contributed by atoms with Gasteiger partial charge in [-0.05, 0) is 66.6 Å². The minimum absolute atomic E-state index is 0.158. The van der Waals surface area contributed by atoms with Gasteiger partial charge >= 0.3 is 5.97 Å². The predicted molar refractivity (Wildman–Crippen MR) is 126 cm³/mol. The third kappa shape index (κ3) is 4.99. The zero-order valence-corrected chi connectivity index (χ0v) is 19.5. The maximum absolute atomic E-state index is 12.6. The molecule has 0 spiro atoms. The fraction of sp³-hybridized carbons (Fsp3) is 0.250. The first-order valence-corrected chi connectivity index (χ1v) is 11.7. The standard InChI is InChI=1S/C24H22BrNO4S/c1-29-24(28)22-20(17-7-6-15-4-2-3-5-16(15)12-17)14-31-23(22)26-21(27)13-30-19-10-8-18(25)9-11-19/h6-12,14H,2-5,13H2,1H3,(H,26,27). The van der Waals surface area contributed by atoms with Gasteiger partial charge in [0, 0.05) is 15.4 Å². The first kappa shape index (κ1) is 21.6. The fourth-order valence-electron chi connectivity index (χ4n) is 3.71. The van der Waals surface area contributed by atoms with Crippen molar-refractivity contribution in [2.75, 3.05) is 19.0 Å². The Hall–Kier alpha value is -2.64. The van der Waals surface area contributed by atoms with Gasteiger partial charge < -0.3 is 14.8 Å². The summed E-state index contributed by atoms with van der Waals surface area (Å²) >= 11 is 4.67. The Morgan fingerprint density at radius 2 is 1.81 bits per heavy atom. The quantitative estimate of drug-likeness (QED) is 0.431. The molecule has 0 bridgehead atoms. The number of thiophene rings is 1. The van der Waals surface area contributed by atoms with E-state index in [1.807, 2.05) is 23.6 Å². The van der Waals surface area contributed by atoms with Crippen molar-refractivity contribution in [1.82, 2.24) is 0 Å². The molecule has 7 heteroatoms. The van der Waals surface area contributed by atoms with Crippen molar-refractivity contribution in [1.29, 1.82) is 0 Å². The molecule has 1 aliphatic rings. The summed E-state index contributed by atoms with van der Waals surface area (Å²) in [5, 5.41) is 5.16. The van der Waals surface area contributed by atoms with E-state index in [4.69, 9.17) is 9.47 Å². The van der Waals surface area contributed by atoms with Gasteiger partial charge in [0.15, 0.2) is 6.61 Å². The number of anilines is 1. The van der Waals surface area contributed by atoms with Crippen LogP contribution in [0, 0.1) is 0 Å². The number of hydrogen-bond acceptors (Lipinski definition) is 5. The monoisotopic (exact) mass is 499 g/mol. The van der Waals surface area contributed by atoms with Gasteiger partial charge in [-0.3, -0.25) is 4.79 Å². The van der Waals surface area contributed by atoms with E-state index in [0.717, 1.165) is 28.4 Å². The molecule has 160 valence electrons. The summed E-state index contributed by atoms with van der Waals surface area (Å²) in [7, 11) is 1.35. The molecule has 1 N–H and O–H groups in total. The molecule has 0 saturated carbocycles. The summed E-state index contributed by atoms with van der Waals surface area (Å²) < 4.78 is 11.5. The zero-order valence-electron chi connectivity index (χ0n) is 17.1. The molecule has 4 rings (SSSR count). The lowest BCUT2D eigenvalue weighted by molar-refractivity contribution is -0.118. The van der Waals surface area contributed by atoms with Crippen LogP contribution in [0.5, 0.6) is 5.75 Å². The van der Waals surface area contributed by atoms with Crippen molar-refractivity contribution in [3.05, 3.63) is 69.0 Å². The van der Waals surface area contributed by atoms with Crippen LogP contribution in [0.3, 0.4) is 0 Å². The van der Waals surface area contributed by atoms with Crippen molar-refractivity contribution in [2.45, 2.75) is 25.7 Å². The Morgan fingerprint density at radius 1 is 1.06 bits per heavy atom. The Balaban J connectivity index is 1.54. The third-order valence-corrected chi connectivity index (χ3v) is 6.70. The van der Waals surface area contributed by atoms with E-state index in [-0.39, 0.29) is 12.5 Å². The first-order chi connectivity index (χ1) is 15.0. The van der Waals surface area contributed by atoms with Crippen LogP contribution in [0.2, 0.25) is 0 Å². The van der Waals surface area contributed by atoms with Crippen LogP contribution in [-0.2, 0) is 22.4 Å². The number of nitrogens with one attached hydrogen (secondary N) is 1. The normalized spacial score (nSPS) is 12.7. The van der Waals surface area contributed by atoms with Gasteiger partial charge in [-0.2, -0.15) is 0 Å². The van der Waals surface area contributed by atoms with Gasteiger partial charge in [-0.1, -0.05) is 34.1 Å². The zero-order chi connectivity index (χ0) is 21.8. The van der Waals surface area contributed by atoms with Crippen LogP contribution in [0.1, 0.15) is 34.3 Å². The first-order valence-electron chi connectivity index (χ1n) is 10.1. The van der Waals surface area contributed by atoms with Crippen molar-refractivity contribution in [3.63, 3.8) is 0 Å². The van der Waals surface area contributed by atoms with Crippen molar-refractivity contribution >= 4 is 44.1 Å². The molecule has 0 unspecified atom stereocenters. The average Bonchev–Trinajstić information content (AvgIpc) is 3.21. The summed E-state index contributed by atoms with van der Waals surface area (Å²) in [6.45, 7) is -0.158. The highest BCUT2D eigenvalue weighted by Gasteiger charge is 2.23. The van der Waals surface area contributed by atoms with E-state index >= 15 is 0 Å². The molecule has 2 aromatic carbocycles. The van der Waals surface area contributed by atoms with E-state index in [1.54, 1.807) is 12.1 Å². The van der Waals surface area contributed by atoms with Crippen LogP contribution in [-0.4, -0.2) is 25.6 Å². The predicted octanol–water partition coefficient (Wildman–Crippen LogP) is 5.86. The third-order valence-electron chi connectivity index (χ3n) is 5.28. The molecule has 1 amide bonds. The van der Waals surface area contributed by atoms with E-state index in [1.165, 1.54) is 42.4 Å². The van der Waals surface area contributed by atoms with E-state index in [2.05, 4.69) is 33.4 Å². The van der Waals surface area contributed by atoms with Crippen LogP contribution < -0.4 is 10.1 Å². The second-order valence-corrected chi connectivity index (χ2v) is 9.12. The summed E-state index contributed by atoms with van der Waals surface area (Å²) in [4.78, 5) is 25.0. The largest absolute Gasteiger partial charge is 0.484 e. The highest BCUT2D eigenvalue weighted by Crippen LogP contribution is 2.37. The number of carbonyl (C=O) groups is 2. The van der Waals surface area contributed by atoms with Crippen LogP contribution >= 0.6 is 27.3 Å². The minimum Gasteiger partial charge on any atom is -0.484 e. The lowest BCUT2D eigenvalue weighted by Crippen LogP contribution is -2.21. The van der Waals surface area contributed by atoms with E-state index in [9.17, 15) is 9.59 Å². The summed E-state index contributed by atoms with van der Waals surface area (Å²) in [5.74, 6) is -0.225. The number of hydrogen-bond donors (Lipinski definition) is 1. The van der Waals surface area contributed by atoms with Crippen molar-refractivity contribution in [3.8, 4) is 16.9 Å². The van der Waals surface area contributed by atoms with Gasteiger partial charge in [0.1, 0.15) is 16.3 Å². The molecule has 1 aliphatic carbocycles. The molecule has 31 heavy (non-hydrogen) atoms. The van der Waals surface area contributed by atoms with Crippen LogP contribution in [0.4, 0.5) is 5.00 Å². The second-order valence-electron chi connectivity index (χ2n) is 7.33. The molecule has 5 nitrogen and oxygen atoms in total. The Bertz CT molecular complexity index is 1110. The molecule has 0 aliphatic heterocycles. The van der Waals surface area contributed by atoms with Crippen molar-refractivity contribution in [2.24, 2.45) is 0 Å². The lowest BCUT2D eigenvalue weighted by Gasteiger charge is -2.16. The summed E-state index contributed by atoms with van der Waals surface area (Å²) in [6, 6.07) is 13.6. The number of fused-ring (bicyclic) bond motifs is 1. The maximum Gasteiger partial charge on any atom is 0.341 e. The number of halogens is 1. The maximum atomic E-state index is 12.6. The van der Waals surface area contributed by atoms with Crippen LogP contribution in [0.25, 0.3) is 11.1 Å². The highest BCUT2D eigenvalue weighted by atomic mass is 79.9. The van der Waals surface area contributed by atoms with Crippen LogP contribution in [0.15, 0.2) is 52.3 Å². The molecular formula is C24H22BrNO4S. The molecule has 0 atom stereocenters. The summed E-state index contributed by atoms with van der Waals surface area (Å²) in [5.41, 5.74) is 4.82. The van der Waals surface area contributed by atoms with E-state index in [0.29, 0.717) is 16.3 Å². The molecule has 0 radical (unpaired) electrons. The number of benzene rings is 2. The molecule has 1 heterocycles. The number of amides is 1. The molecule has 1 aromatic heterocycles. The molecular weight excluding hydrogens is 478 g/mol. The smallest absolute Gasteiger partial charge is 0.341 e. The van der Waals surface area contributed by atoms with Gasteiger partial charge in [-0.15, -0.1) is 11.3 Å². The van der Waals surface area contributed by atoms with Gasteiger partial charge in [0.2, 0.25) is 0 Å². The number of ether oxygens (including phenoxy) is 2. The van der Waals surface area contributed by atoms with Crippen molar-refractivity contribution < 1.29 is 19.1 Å². The summed E-state index contributed by atoms with van der Waals surface area (Å²) in [6.07, 6.45) is 4.56. The Morgan fingerprint density at radius 3 is 2.55 bits per heavy atom. The lowest BCUT2D eigenvalue weighted by atomic mass is 9.89. The Labute approximate surface area is 193 Å². The van der Waals surface area contributed by atoms with Gasteiger partial charge in [0.25, 0.3) is 5.91 Å². The number of rotatable bonds is 6. The minimum atomic E-state index is -0.474. The molecule has 0 saturated heterocycles. The molecule has 3 aromatic rings. The number of esters is 1. The number of aryl methyl sites for hydroxylation is 2. The second kappa shape index (κ2) is 9.66. The fourth-order valence-corrected chi connectivity index (χ4v) is 4.95. The van der Waals surface area contributed by atoms with E-state index < -0.39 is 5.97 Å². The number of methoxy groups -OCH3 is 1. The highest BCUT2D eigenvalue weighted by molar-refractivity contribution is 9.10. The number of carbonyl (C=O) groups excluding carboxylic acids is 2. The average molecular weight is 500 g/mol. The molecule has 0 fully saturated rings. The van der Waals surface area contributed by atoms with Gasteiger partial charge in [0.05, 0.1) is 7.11 Å². The Kier molecular flexibility index (Phi) is 6.73.